The van der Waals surface area contributed by atoms with Gasteiger partial charge in [-0.3, -0.25) is 9.59 Å². The average Bonchev–Trinajstić information content (AvgIpc) is 3.43. The van der Waals surface area contributed by atoms with Gasteiger partial charge < -0.3 is 20.3 Å². The molecular formula is C71H141NO5. The van der Waals surface area contributed by atoms with E-state index in [1.807, 2.05) is 0 Å². The number of esters is 1. The molecule has 0 aromatic heterocycles. The Kier molecular flexibility index (Phi) is 66.4. The van der Waals surface area contributed by atoms with E-state index in [0.29, 0.717) is 25.9 Å². The van der Waals surface area contributed by atoms with E-state index in [1.54, 1.807) is 0 Å². The van der Waals surface area contributed by atoms with Crippen LogP contribution in [0.3, 0.4) is 0 Å². The molecule has 0 heterocycles. The number of aliphatic hydroxyl groups is 2. The van der Waals surface area contributed by atoms with Crippen molar-refractivity contribution in [1.29, 1.82) is 0 Å². The first-order valence-electron chi connectivity index (χ1n) is 35.8. The summed E-state index contributed by atoms with van der Waals surface area (Å²) in [6, 6.07) is -0.534. The molecule has 0 saturated heterocycles. The maximum atomic E-state index is 12.5. The Balaban J connectivity index is 3.27. The number of amides is 1. The summed E-state index contributed by atoms with van der Waals surface area (Å²) < 4.78 is 5.48. The molecule has 0 rings (SSSR count). The third kappa shape index (κ3) is 63.9. The highest BCUT2D eigenvalue weighted by Crippen LogP contribution is 2.20. The third-order valence-corrected chi connectivity index (χ3v) is 17.2. The Hall–Kier alpha value is -1.14. The molecule has 3 N–H and O–H groups in total. The molecule has 0 aromatic carbocycles. The van der Waals surface area contributed by atoms with Crippen LogP contribution in [-0.4, -0.2) is 47.4 Å². The average molecular weight is 1090 g/mol. The number of rotatable bonds is 68. The molecule has 2 atom stereocenters. The molecule has 2 unspecified atom stereocenters. The summed E-state index contributed by atoms with van der Waals surface area (Å²) in [6.07, 6.45) is 81.8. The van der Waals surface area contributed by atoms with Crippen LogP contribution in [0.25, 0.3) is 0 Å². The van der Waals surface area contributed by atoms with Gasteiger partial charge in [0.2, 0.25) is 5.91 Å². The number of ether oxygens (including phenoxy) is 1. The number of carbonyl (C=O) groups excluding carboxylic acids is 2. The summed E-state index contributed by atoms with van der Waals surface area (Å²) in [5.41, 5.74) is 0. The van der Waals surface area contributed by atoms with E-state index in [-0.39, 0.29) is 18.5 Å². The summed E-state index contributed by atoms with van der Waals surface area (Å²) >= 11 is 0. The van der Waals surface area contributed by atoms with Crippen LogP contribution in [0.5, 0.6) is 0 Å². The molecule has 460 valence electrons. The van der Waals surface area contributed by atoms with Crippen molar-refractivity contribution in [3.63, 3.8) is 0 Å². The quantitative estimate of drug-likeness (QED) is 0.0417. The first-order chi connectivity index (χ1) is 38.0. The van der Waals surface area contributed by atoms with Gasteiger partial charge in [-0.2, -0.15) is 0 Å². The summed E-state index contributed by atoms with van der Waals surface area (Å²) in [5.74, 6) is -0.00293. The van der Waals surface area contributed by atoms with Crippen molar-refractivity contribution < 1.29 is 24.5 Å². The maximum absolute atomic E-state index is 12.5. The summed E-state index contributed by atoms with van der Waals surface area (Å²) in [4.78, 5) is 24.5. The molecule has 0 aliphatic rings. The summed E-state index contributed by atoms with van der Waals surface area (Å²) in [5, 5.41) is 23.3. The fraction of sp³-hybridized carbons (Fsp3) is 0.972. The number of carbonyl (C=O) groups is 2. The van der Waals surface area contributed by atoms with Crippen molar-refractivity contribution >= 4 is 11.9 Å². The number of hydrogen-bond acceptors (Lipinski definition) is 5. The molecular weight excluding hydrogens is 947 g/mol. The fourth-order valence-electron chi connectivity index (χ4n) is 11.7. The lowest BCUT2D eigenvalue weighted by Gasteiger charge is -2.22. The van der Waals surface area contributed by atoms with Gasteiger partial charge in [0, 0.05) is 12.8 Å². The van der Waals surface area contributed by atoms with Crippen molar-refractivity contribution in [2.45, 2.75) is 431 Å². The third-order valence-electron chi connectivity index (χ3n) is 17.2. The van der Waals surface area contributed by atoms with Crippen LogP contribution in [0, 0.1) is 0 Å². The highest BCUT2D eigenvalue weighted by Gasteiger charge is 2.20. The van der Waals surface area contributed by atoms with Crippen LogP contribution in [0.2, 0.25) is 0 Å². The van der Waals surface area contributed by atoms with E-state index in [4.69, 9.17) is 4.74 Å². The van der Waals surface area contributed by atoms with Gasteiger partial charge in [0.25, 0.3) is 0 Å². The van der Waals surface area contributed by atoms with Crippen molar-refractivity contribution in [3.05, 3.63) is 0 Å². The number of nitrogens with one attached hydrogen (secondary N) is 1. The Morgan fingerprint density at radius 3 is 0.792 bits per heavy atom. The number of aliphatic hydroxyl groups excluding tert-OH is 2. The summed E-state index contributed by atoms with van der Waals surface area (Å²) in [6.45, 7) is 4.98. The second-order valence-electron chi connectivity index (χ2n) is 24.9. The minimum atomic E-state index is -0.658. The zero-order valence-electron chi connectivity index (χ0n) is 52.7. The monoisotopic (exact) mass is 1090 g/mol. The van der Waals surface area contributed by atoms with Gasteiger partial charge in [-0.05, 0) is 25.7 Å². The zero-order valence-corrected chi connectivity index (χ0v) is 52.7. The second-order valence-corrected chi connectivity index (χ2v) is 24.9. The zero-order chi connectivity index (χ0) is 55.7. The van der Waals surface area contributed by atoms with Crippen LogP contribution < -0.4 is 5.32 Å². The number of hydrogen-bond donors (Lipinski definition) is 3. The van der Waals surface area contributed by atoms with E-state index in [0.717, 1.165) is 38.5 Å². The van der Waals surface area contributed by atoms with Crippen molar-refractivity contribution in [2.75, 3.05) is 13.2 Å². The minimum absolute atomic E-state index is 0.0240. The van der Waals surface area contributed by atoms with Crippen molar-refractivity contribution in [2.24, 2.45) is 0 Å². The molecule has 0 aromatic rings. The standard InChI is InChI=1S/C71H141NO5/c1-3-5-7-9-11-13-15-44-47-51-55-59-63-69(74)68(67-73)72-70(75)64-60-56-52-48-45-41-39-37-35-33-31-29-27-25-23-21-19-17-16-18-20-22-24-26-28-30-32-34-36-38-40-42-46-50-54-58-62-66-77-71(76)65-61-57-53-49-43-14-12-10-8-6-4-2/h68-69,73-74H,3-67H2,1-2H3,(H,72,75). The van der Waals surface area contributed by atoms with Gasteiger partial charge >= 0.3 is 5.97 Å². The molecule has 0 saturated carbocycles. The minimum Gasteiger partial charge on any atom is -0.466 e. The molecule has 77 heavy (non-hydrogen) atoms. The van der Waals surface area contributed by atoms with Gasteiger partial charge in [0.1, 0.15) is 0 Å². The van der Waals surface area contributed by atoms with Crippen molar-refractivity contribution in [3.8, 4) is 0 Å². The van der Waals surface area contributed by atoms with Crippen LogP contribution in [0.15, 0.2) is 0 Å². The topological polar surface area (TPSA) is 95.9 Å². The van der Waals surface area contributed by atoms with Gasteiger partial charge in [-0.25, -0.2) is 0 Å². The Labute approximate surface area is 483 Å². The van der Waals surface area contributed by atoms with Crippen LogP contribution in [0.4, 0.5) is 0 Å². The van der Waals surface area contributed by atoms with Gasteiger partial charge in [-0.15, -0.1) is 0 Å². The van der Waals surface area contributed by atoms with Crippen LogP contribution >= 0.6 is 0 Å². The second kappa shape index (κ2) is 67.4. The summed E-state index contributed by atoms with van der Waals surface area (Å²) in [7, 11) is 0. The molecule has 1 amide bonds. The molecule has 6 nitrogen and oxygen atoms in total. The highest BCUT2D eigenvalue weighted by molar-refractivity contribution is 5.76. The smallest absolute Gasteiger partial charge is 0.305 e. The molecule has 6 heteroatoms. The predicted molar refractivity (Wildman–Crippen MR) is 338 cm³/mol. The highest BCUT2D eigenvalue weighted by atomic mass is 16.5. The van der Waals surface area contributed by atoms with E-state index < -0.39 is 12.1 Å². The van der Waals surface area contributed by atoms with Crippen LogP contribution in [-0.2, 0) is 14.3 Å². The molecule has 0 radical (unpaired) electrons. The Morgan fingerprint density at radius 2 is 0.532 bits per heavy atom. The molecule has 0 aliphatic carbocycles. The van der Waals surface area contributed by atoms with Crippen molar-refractivity contribution in [1.82, 2.24) is 5.32 Å². The molecule has 0 aliphatic heterocycles. The molecule has 0 spiro atoms. The van der Waals surface area contributed by atoms with E-state index in [1.165, 1.54) is 347 Å². The predicted octanol–water partition coefficient (Wildman–Crippen LogP) is 23.0. The lowest BCUT2D eigenvalue weighted by atomic mass is 10.0. The number of unbranched alkanes of at least 4 members (excludes halogenated alkanes) is 57. The largest absolute Gasteiger partial charge is 0.466 e. The normalized spacial score (nSPS) is 12.4. The lowest BCUT2D eigenvalue weighted by Crippen LogP contribution is -2.45. The maximum Gasteiger partial charge on any atom is 0.305 e. The van der Waals surface area contributed by atoms with Crippen LogP contribution in [0.1, 0.15) is 418 Å². The lowest BCUT2D eigenvalue weighted by molar-refractivity contribution is -0.143. The Morgan fingerprint density at radius 1 is 0.312 bits per heavy atom. The molecule has 0 bridgehead atoms. The van der Waals surface area contributed by atoms with E-state index >= 15 is 0 Å². The first kappa shape index (κ1) is 75.9. The van der Waals surface area contributed by atoms with Gasteiger partial charge in [-0.1, -0.05) is 380 Å². The van der Waals surface area contributed by atoms with Gasteiger partial charge in [0.15, 0.2) is 0 Å². The first-order valence-corrected chi connectivity index (χ1v) is 35.8. The van der Waals surface area contributed by atoms with Gasteiger partial charge in [0.05, 0.1) is 25.4 Å². The SMILES string of the molecule is CCCCCCCCCCCCCCC(O)C(CO)NC(=O)CCCCCCCCCCCCCCCCCCCCCCCCCCCCCCCCCCCCCCCOC(=O)CCCCCCCCCCCCC. The van der Waals surface area contributed by atoms with E-state index in [2.05, 4.69) is 19.2 Å². The fourth-order valence-corrected chi connectivity index (χ4v) is 11.7. The Bertz CT molecular complexity index is 1120. The molecule has 0 fully saturated rings. The van der Waals surface area contributed by atoms with E-state index in [9.17, 15) is 19.8 Å².